The summed E-state index contributed by atoms with van der Waals surface area (Å²) in [7, 11) is -4.18. The Morgan fingerprint density at radius 2 is 1.54 bits per heavy atom. The Hall–Kier alpha value is -3.07. The molecule has 1 fully saturated rings. The lowest BCUT2D eigenvalue weighted by Crippen LogP contribution is -2.39. The topological polar surface area (TPSA) is 95.6 Å². The second-order valence-electron chi connectivity index (χ2n) is 8.80. The molecule has 2 N–H and O–H groups in total. The summed E-state index contributed by atoms with van der Waals surface area (Å²) in [6.07, 6.45) is 5.15. The first kappa shape index (κ1) is 27.0. The van der Waals surface area contributed by atoms with E-state index in [0.717, 1.165) is 36.4 Å². The highest BCUT2D eigenvalue weighted by Crippen LogP contribution is 2.35. The van der Waals surface area contributed by atoms with Gasteiger partial charge in [-0.2, -0.15) is 0 Å². The van der Waals surface area contributed by atoms with E-state index >= 15 is 0 Å². The lowest BCUT2D eigenvalue weighted by molar-refractivity contribution is -0.114. The molecule has 0 aliphatic heterocycles. The van der Waals surface area contributed by atoms with Gasteiger partial charge in [-0.3, -0.25) is 13.9 Å². The van der Waals surface area contributed by atoms with Crippen LogP contribution in [0.2, 0.25) is 10.0 Å². The summed E-state index contributed by atoms with van der Waals surface area (Å²) >= 11 is 12.5. The highest BCUT2D eigenvalue weighted by molar-refractivity contribution is 7.92. The number of rotatable bonds is 8. The molecule has 1 saturated carbocycles. The monoisotopic (exact) mass is 559 g/mol. The van der Waals surface area contributed by atoms with Gasteiger partial charge in [-0.25, -0.2) is 8.42 Å². The van der Waals surface area contributed by atoms with Gasteiger partial charge in [0.05, 0.1) is 31.9 Å². The summed E-state index contributed by atoms with van der Waals surface area (Å²) in [5.41, 5.74) is 0.659. The first-order valence-corrected chi connectivity index (χ1v) is 14.2. The number of carbonyl (C=O) groups excluding carboxylic acids is 2. The average molecular weight is 561 g/mol. The van der Waals surface area contributed by atoms with Crippen LogP contribution in [0.3, 0.4) is 0 Å². The number of nitrogens with zero attached hydrogens (tertiary/aromatic N) is 1. The van der Waals surface area contributed by atoms with Gasteiger partial charge < -0.3 is 10.6 Å². The highest BCUT2D eigenvalue weighted by Gasteiger charge is 2.30. The van der Waals surface area contributed by atoms with Gasteiger partial charge >= 0.3 is 0 Å². The van der Waals surface area contributed by atoms with Crippen LogP contribution < -0.4 is 14.9 Å². The van der Waals surface area contributed by atoms with Gasteiger partial charge in [-0.1, -0.05) is 78.9 Å². The fourth-order valence-corrected chi connectivity index (χ4v) is 6.23. The second kappa shape index (κ2) is 12.0. The Morgan fingerprint density at radius 3 is 2.27 bits per heavy atom. The van der Waals surface area contributed by atoms with E-state index in [1.165, 1.54) is 24.3 Å². The van der Waals surface area contributed by atoms with Crippen LogP contribution >= 0.6 is 23.2 Å². The predicted octanol–water partition coefficient (Wildman–Crippen LogP) is 5.89. The van der Waals surface area contributed by atoms with E-state index in [1.807, 2.05) is 0 Å². The molecule has 0 spiro atoms. The van der Waals surface area contributed by atoms with Crippen molar-refractivity contribution in [2.75, 3.05) is 16.2 Å². The number of halogens is 2. The first-order valence-electron chi connectivity index (χ1n) is 12.0. The molecule has 7 nitrogen and oxygen atoms in total. The summed E-state index contributed by atoms with van der Waals surface area (Å²) in [6.45, 7) is -0.587. The SMILES string of the molecule is O=C(CN(c1cccc(Cl)c1Cl)S(=O)(=O)c1ccccc1)Nc1ccccc1C(=O)NC1CCCCC1. The third-order valence-electron chi connectivity index (χ3n) is 6.20. The molecule has 0 radical (unpaired) electrons. The van der Waals surface area contributed by atoms with Crippen LogP contribution in [0.4, 0.5) is 11.4 Å². The van der Waals surface area contributed by atoms with E-state index in [2.05, 4.69) is 10.6 Å². The van der Waals surface area contributed by atoms with Gasteiger partial charge in [-0.05, 0) is 49.2 Å². The molecule has 1 aliphatic rings. The van der Waals surface area contributed by atoms with Crippen molar-refractivity contribution in [2.24, 2.45) is 0 Å². The number of para-hydroxylation sites is 1. The Kier molecular flexibility index (Phi) is 8.74. The Balaban J connectivity index is 1.60. The molecule has 2 amide bonds. The zero-order valence-electron chi connectivity index (χ0n) is 20.0. The summed E-state index contributed by atoms with van der Waals surface area (Å²) in [6, 6.07) is 19.0. The van der Waals surface area contributed by atoms with Gasteiger partial charge in [0, 0.05) is 6.04 Å². The zero-order chi connectivity index (χ0) is 26.4. The van der Waals surface area contributed by atoms with Crippen molar-refractivity contribution in [3.05, 3.63) is 88.4 Å². The van der Waals surface area contributed by atoms with Crippen LogP contribution in [0, 0.1) is 0 Å². The third kappa shape index (κ3) is 6.44. The summed E-state index contributed by atoms with van der Waals surface area (Å²) < 4.78 is 28.0. The van der Waals surface area contributed by atoms with Crippen LogP contribution in [-0.4, -0.2) is 32.8 Å². The molecular weight excluding hydrogens is 533 g/mol. The van der Waals surface area contributed by atoms with E-state index in [1.54, 1.807) is 48.5 Å². The molecule has 0 atom stereocenters. The number of benzene rings is 3. The maximum atomic E-state index is 13.6. The van der Waals surface area contributed by atoms with Crippen molar-refractivity contribution in [1.29, 1.82) is 0 Å². The first-order chi connectivity index (χ1) is 17.8. The number of hydrogen-bond donors (Lipinski definition) is 2. The molecule has 3 aromatic rings. The normalized spacial score (nSPS) is 14.1. The quantitative estimate of drug-likeness (QED) is 0.359. The standard InChI is InChI=1S/C27H27Cl2N3O4S/c28-22-15-9-17-24(26(22)29)32(37(35,36)20-12-5-2-6-13-20)18-25(33)31-23-16-8-7-14-21(23)27(34)30-19-10-3-1-4-11-19/h2,5-9,12-17,19H,1,3-4,10-11,18H2,(H,30,34)(H,31,33). The van der Waals surface area contributed by atoms with Crippen molar-refractivity contribution in [3.8, 4) is 0 Å². The molecule has 0 saturated heterocycles. The Bertz CT molecular complexity index is 1380. The molecular formula is C27H27Cl2N3O4S. The van der Waals surface area contributed by atoms with Crippen LogP contribution in [0.1, 0.15) is 42.5 Å². The van der Waals surface area contributed by atoms with Gasteiger partial charge in [0.15, 0.2) is 0 Å². The second-order valence-corrected chi connectivity index (χ2v) is 11.4. The number of carbonyl (C=O) groups is 2. The molecule has 0 bridgehead atoms. The third-order valence-corrected chi connectivity index (χ3v) is 8.79. The van der Waals surface area contributed by atoms with E-state index in [4.69, 9.17) is 23.2 Å². The number of hydrogen-bond acceptors (Lipinski definition) is 4. The van der Waals surface area contributed by atoms with Crippen LogP contribution in [0.5, 0.6) is 0 Å². The van der Waals surface area contributed by atoms with Crippen LogP contribution in [-0.2, 0) is 14.8 Å². The molecule has 0 aromatic heterocycles. The molecule has 37 heavy (non-hydrogen) atoms. The molecule has 10 heteroatoms. The predicted molar refractivity (Wildman–Crippen MR) is 147 cm³/mol. The maximum Gasteiger partial charge on any atom is 0.264 e. The minimum Gasteiger partial charge on any atom is -0.349 e. The summed E-state index contributed by atoms with van der Waals surface area (Å²) in [4.78, 5) is 26.2. The number of amides is 2. The minimum absolute atomic E-state index is 0.00346. The van der Waals surface area contributed by atoms with Crippen molar-refractivity contribution >= 4 is 56.4 Å². The molecule has 0 unspecified atom stereocenters. The highest BCUT2D eigenvalue weighted by atomic mass is 35.5. The minimum atomic E-state index is -4.18. The van der Waals surface area contributed by atoms with Crippen molar-refractivity contribution in [3.63, 3.8) is 0 Å². The van der Waals surface area contributed by atoms with E-state index in [0.29, 0.717) is 5.56 Å². The maximum absolute atomic E-state index is 13.6. The number of anilines is 2. The summed E-state index contributed by atoms with van der Waals surface area (Å²) in [5, 5.41) is 5.90. The molecule has 4 rings (SSSR count). The number of nitrogens with one attached hydrogen (secondary N) is 2. The summed E-state index contributed by atoms with van der Waals surface area (Å²) in [5.74, 6) is -0.928. The average Bonchev–Trinajstić information content (AvgIpc) is 2.90. The van der Waals surface area contributed by atoms with Crippen molar-refractivity contribution in [2.45, 2.75) is 43.0 Å². The smallest absolute Gasteiger partial charge is 0.264 e. The van der Waals surface area contributed by atoms with Crippen LogP contribution in [0.25, 0.3) is 0 Å². The Morgan fingerprint density at radius 1 is 0.865 bits per heavy atom. The van der Waals surface area contributed by atoms with Crippen LogP contribution in [0.15, 0.2) is 77.7 Å². The molecule has 194 valence electrons. The van der Waals surface area contributed by atoms with Crippen molar-refractivity contribution < 1.29 is 18.0 Å². The van der Waals surface area contributed by atoms with Gasteiger partial charge in [0.1, 0.15) is 6.54 Å². The molecule has 0 heterocycles. The fourth-order valence-electron chi connectivity index (χ4n) is 4.32. The van der Waals surface area contributed by atoms with E-state index in [9.17, 15) is 18.0 Å². The lowest BCUT2D eigenvalue weighted by atomic mass is 9.95. The van der Waals surface area contributed by atoms with E-state index < -0.39 is 22.5 Å². The Labute approximate surface area is 226 Å². The van der Waals surface area contributed by atoms with Gasteiger partial charge in [-0.15, -0.1) is 0 Å². The zero-order valence-corrected chi connectivity index (χ0v) is 22.3. The van der Waals surface area contributed by atoms with E-state index in [-0.39, 0.29) is 38.3 Å². The molecule has 3 aromatic carbocycles. The van der Waals surface area contributed by atoms with Crippen molar-refractivity contribution in [1.82, 2.24) is 5.32 Å². The number of sulfonamides is 1. The van der Waals surface area contributed by atoms with Gasteiger partial charge in [0.2, 0.25) is 5.91 Å². The molecule has 1 aliphatic carbocycles. The lowest BCUT2D eigenvalue weighted by Gasteiger charge is -2.26. The van der Waals surface area contributed by atoms with Gasteiger partial charge in [0.25, 0.3) is 15.9 Å². The fraction of sp³-hybridized carbons (Fsp3) is 0.259. The largest absolute Gasteiger partial charge is 0.349 e.